The summed E-state index contributed by atoms with van der Waals surface area (Å²) in [5.74, 6) is -0.369. The van der Waals surface area contributed by atoms with Crippen molar-refractivity contribution in [3.63, 3.8) is 0 Å². The number of fused-ring (bicyclic) bond motifs is 1. The molecule has 0 unspecified atom stereocenters. The molecule has 0 saturated heterocycles. The van der Waals surface area contributed by atoms with Gasteiger partial charge in [-0.25, -0.2) is 4.79 Å². The van der Waals surface area contributed by atoms with Gasteiger partial charge in [-0.05, 0) is 62.0 Å². The molecule has 1 heterocycles. The number of ether oxygens (including phenoxy) is 1. The smallest absolute Gasteiger partial charge is 0.341 e. The fourth-order valence-corrected chi connectivity index (χ4v) is 4.69. The highest BCUT2D eigenvalue weighted by molar-refractivity contribution is 7.80. The van der Waals surface area contributed by atoms with Crippen molar-refractivity contribution < 1.29 is 14.5 Å². The Morgan fingerprint density at radius 3 is 2.70 bits per heavy atom. The number of thiophene rings is 1. The molecule has 0 aliphatic heterocycles. The number of methoxy groups -OCH3 is 1. The van der Waals surface area contributed by atoms with Gasteiger partial charge in [-0.3, -0.25) is 10.1 Å². The molecule has 9 heteroatoms. The van der Waals surface area contributed by atoms with E-state index in [2.05, 4.69) is 10.6 Å². The van der Waals surface area contributed by atoms with Crippen LogP contribution in [0.4, 0.5) is 16.4 Å². The molecule has 0 bridgehead atoms. The Morgan fingerprint density at radius 2 is 2.04 bits per heavy atom. The summed E-state index contributed by atoms with van der Waals surface area (Å²) in [5, 5.41) is 18.0. The number of esters is 1. The van der Waals surface area contributed by atoms with E-state index in [1.807, 2.05) is 0 Å². The first-order valence-corrected chi connectivity index (χ1v) is 9.69. The molecule has 0 atom stereocenters. The molecule has 3 rings (SSSR count). The lowest BCUT2D eigenvalue weighted by molar-refractivity contribution is -0.384. The molecule has 1 aliphatic rings. The van der Waals surface area contributed by atoms with Crippen LogP contribution in [0.1, 0.15) is 39.2 Å². The molecule has 0 radical (unpaired) electrons. The number of anilines is 2. The van der Waals surface area contributed by atoms with Crippen LogP contribution in [0.15, 0.2) is 18.2 Å². The van der Waals surface area contributed by atoms with Gasteiger partial charge in [0.1, 0.15) is 5.00 Å². The molecule has 2 aromatic rings. The molecular formula is C18H19N3O4S2. The van der Waals surface area contributed by atoms with Crippen LogP contribution in [0.2, 0.25) is 0 Å². The molecule has 2 N–H and O–H groups in total. The van der Waals surface area contributed by atoms with Crippen molar-refractivity contribution in [2.75, 3.05) is 17.7 Å². The van der Waals surface area contributed by atoms with E-state index in [9.17, 15) is 14.9 Å². The topological polar surface area (TPSA) is 93.5 Å². The molecule has 7 nitrogen and oxygen atoms in total. The van der Waals surface area contributed by atoms with E-state index in [0.717, 1.165) is 31.2 Å². The molecule has 0 spiro atoms. The van der Waals surface area contributed by atoms with Gasteiger partial charge in [0.2, 0.25) is 0 Å². The summed E-state index contributed by atoms with van der Waals surface area (Å²) in [6.45, 7) is 1.77. The molecule has 142 valence electrons. The predicted octanol–water partition coefficient (Wildman–Crippen LogP) is 4.44. The largest absolute Gasteiger partial charge is 0.465 e. The van der Waals surface area contributed by atoms with E-state index in [-0.39, 0.29) is 11.7 Å². The average molecular weight is 406 g/mol. The van der Waals surface area contributed by atoms with Crippen LogP contribution in [-0.2, 0) is 17.6 Å². The first-order chi connectivity index (χ1) is 12.9. The van der Waals surface area contributed by atoms with Gasteiger partial charge in [-0.15, -0.1) is 11.3 Å². The van der Waals surface area contributed by atoms with Gasteiger partial charge in [0.15, 0.2) is 5.11 Å². The number of nitrogens with one attached hydrogen (secondary N) is 2. The second-order valence-electron chi connectivity index (χ2n) is 6.24. The van der Waals surface area contributed by atoms with Gasteiger partial charge in [0.25, 0.3) is 5.69 Å². The summed E-state index contributed by atoms with van der Waals surface area (Å²) in [5.41, 5.74) is 3.00. The number of carbonyl (C=O) groups is 1. The van der Waals surface area contributed by atoms with Crippen molar-refractivity contribution in [3.8, 4) is 0 Å². The minimum atomic E-state index is -0.438. The van der Waals surface area contributed by atoms with Crippen LogP contribution in [-0.4, -0.2) is 23.1 Å². The number of non-ortho nitro benzene ring substituents is 1. The third kappa shape index (κ3) is 4.09. The van der Waals surface area contributed by atoms with E-state index in [4.69, 9.17) is 17.0 Å². The Balaban J connectivity index is 1.81. The summed E-state index contributed by atoms with van der Waals surface area (Å²) >= 11 is 6.91. The molecule has 27 heavy (non-hydrogen) atoms. The molecule has 1 aromatic heterocycles. The molecule has 1 aliphatic carbocycles. The zero-order valence-electron chi connectivity index (χ0n) is 15.0. The monoisotopic (exact) mass is 405 g/mol. The highest BCUT2D eigenvalue weighted by atomic mass is 32.1. The number of benzene rings is 1. The van der Waals surface area contributed by atoms with Crippen molar-refractivity contribution in [1.82, 2.24) is 0 Å². The minimum absolute atomic E-state index is 0.0239. The highest BCUT2D eigenvalue weighted by Crippen LogP contribution is 2.38. The number of hydrogen-bond donors (Lipinski definition) is 2. The highest BCUT2D eigenvalue weighted by Gasteiger charge is 2.26. The van der Waals surface area contributed by atoms with E-state index >= 15 is 0 Å². The van der Waals surface area contributed by atoms with Crippen molar-refractivity contribution in [1.29, 1.82) is 0 Å². The number of carbonyl (C=O) groups excluding carboxylic acids is 1. The Bertz CT molecular complexity index is 924. The normalized spacial score (nSPS) is 12.8. The van der Waals surface area contributed by atoms with Crippen LogP contribution in [0.25, 0.3) is 0 Å². The summed E-state index contributed by atoms with van der Waals surface area (Å²) < 4.78 is 4.96. The summed E-state index contributed by atoms with van der Waals surface area (Å²) in [6.07, 6.45) is 3.98. The average Bonchev–Trinajstić information content (AvgIpc) is 3.00. The number of nitrogens with zero attached hydrogens (tertiary/aromatic N) is 1. The summed E-state index contributed by atoms with van der Waals surface area (Å²) in [6, 6.07) is 4.51. The van der Waals surface area contributed by atoms with E-state index in [0.29, 0.717) is 26.9 Å². The first-order valence-electron chi connectivity index (χ1n) is 8.46. The lowest BCUT2D eigenvalue weighted by Crippen LogP contribution is -2.20. The zero-order chi connectivity index (χ0) is 19.6. The minimum Gasteiger partial charge on any atom is -0.465 e. The first kappa shape index (κ1) is 19.2. The molecule has 0 saturated carbocycles. The number of hydrogen-bond acceptors (Lipinski definition) is 6. The van der Waals surface area contributed by atoms with E-state index in [1.54, 1.807) is 13.0 Å². The van der Waals surface area contributed by atoms with Gasteiger partial charge < -0.3 is 15.4 Å². The molecule has 1 aromatic carbocycles. The number of nitro benzene ring substituents is 1. The number of rotatable bonds is 4. The van der Waals surface area contributed by atoms with Gasteiger partial charge in [0.05, 0.1) is 17.6 Å². The van der Waals surface area contributed by atoms with E-state index < -0.39 is 4.92 Å². The van der Waals surface area contributed by atoms with E-state index in [1.165, 1.54) is 35.5 Å². The zero-order valence-corrected chi connectivity index (χ0v) is 16.6. The van der Waals surface area contributed by atoms with Gasteiger partial charge in [-0.2, -0.15) is 0 Å². The third-order valence-corrected chi connectivity index (χ3v) is 5.87. The molecule has 0 fully saturated rings. The van der Waals surface area contributed by atoms with Crippen LogP contribution >= 0.6 is 23.6 Å². The Kier molecular flexibility index (Phi) is 5.71. The van der Waals surface area contributed by atoms with Crippen molar-refractivity contribution in [3.05, 3.63) is 49.9 Å². The third-order valence-electron chi connectivity index (χ3n) is 4.46. The maximum Gasteiger partial charge on any atom is 0.341 e. The maximum atomic E-state index is 12.3. The predicted molar refractivity (Wildman–Crippen MR) is 110 cm³/mol. The van der Waals surface area contributed by atoms with Crippen LogP contribution in [0.5, 0.6) is 0 Å². The van der Waals surface area contributed by atoms with Crippen LogP contribution in [0.3, 0.4) is 0 Å². The quantitative estimate of drug-likeness (QED) is 0.336. The van der Waals surface area contributed by atoms with Gasteiger partial charge in [-0.1, -0.05) is 0 Å². The van der Waals surface area contributed by atoms with Crippen molar-refractivity contribution >= 4 is 51.0 Å². The second-order valence-corrected chi connectivity index (χ2v) is 7.76. The summed E-state index contributed by atoms with van der Waals surface area (Å²) in [7, 11) is 1.37. The van der Waals surface area contributed by atoms with Gasteiger partial charge in [0, 0.05) is 22.7 Å². The Labute approximate surface area is 165 Å². The second kappa shape index (κ2) is 8.01. The van der Waals surface area contributed by atoms with Crippen molar-refractivity contribution in [2.45, 2.75) is 32.6 Å². The number of thiocarbonyl (C=S) groups is 1. The van der Waals surface area contributed by atoms with Crippen molar-refractivity contribution in [2.24, 2.45) is 0 Å². The fraction of sp³-hybridized carbons (Fsp3) is 0.333. The number of aryl methyl sites for hydroxylation is 2. The molecular weight excluding hydrogens is 386 g/mol. The maximum absolute atomic E-state index is 12.3. The Hall–Kier alpha value is -2.52. The Morgan fingerprint density at radius 1 is 1.30 bits per heavy atom. The lowest BCUT2D eigenvalue weighted by Gasteiger charge is -2.13. The SMILES string of the molecule is COC(=O)c1c(NC(=S)Nc2ccc([N+](=O)[O-])cc2C)sc2c1CCCC2. The standard InChI is InChI=1S/C18H19N3O4S2/c1-10-9-11(21(23)24)7-8-13(10)19-18(26)20-16-15(17(22)25-2)12-5-3-4-6-14(12)27-16/h7-9H,3-6H2,1-2H3,(H2,19,20,26). The number of nitro groups is 1. The molecule has 0 amide bonds. The fourth-order valence-electron chi connectivity index (χ4n) is 3.13. The lowest BCUT2D eigenvalue weighted by atomic mass is 9.95. The summed E-state index contributed by atoms with van der Waals surface area (Å²) in [4.78, 5) is 23.9. The van der Waals surface area contributed by atoms with Crippen LogP contribution < -0.4 is 10.6 Å². The van der Waals surface area contributed by atoms with Gasteiger partial charge >= 0.3 is 5.97 Å². The van der Waals surface area contributed by atoms with Crippen LogP contribution in [0, 0.1) is 17.0 Å².